The van der Waals surface area contributed by atoms with Gasteiger partial charge in [0.25, 0.3) is 0 Å². The third kappa shape index (κ3) is 4.54. The number of rotatable bonds is 5. The second-order valence-electron chi connectivity index (χ2n) is 5.26. The normalized spacial score (nSPS) is 10.7. The monoisotopic (exact) mass is 392 g/mol. The van der Waals surface area contributed by atoms with Crippen molar-refractivity contribution >= 4 is 46.6 Å². The zero-order chi connectivity index (χ0) is 17.8. The van der Waals surface area contributed by atoms with E-state index in [2.05, 4.69) is 15.5 Å². The van der Waals surface area contributed by atoms with E-state index < -0.39 is 0 Å². The van der Waals surface area contributed by atoms with E-state index in [9.17, 15) is 4.79 Å². The van der Waals surface area contributed by atoms with Gasteiger partial charge in [0.1, 0.15) is 6.33 Å². The molecule has 1 N–H and O–H groups in total. The smallest absolute Gasteiger partial charge is 0.234 e. The molecule has 0 atom stereocenters. The fourth-order valence-corrected chi connectivity index (χ4v) is 3.26. The van der Waals surface area contributed by atoms with Crippen molar-refractivity contribution in [1.29, 1.82) is 0 Å². The van der Waals surface area contributed by atoms with Crippen LogP contribution in [0, 0.1) is 6.92 Å². The fourth-order valence-electron chi connectivity index (χ4n) is 2.17. The summed E-state index contributed by atoms with van der Waals surface area (Å²) in [6.07, 6.45) is 1.59. The van der Waals surface area contributed by atoms with Gasteiger partial charge in [-0.25, -0.2) is 0 Å². The Bertz CT molecular complexity index is 913. The molecule has 3 rings (SSSR count). The number of hydrogen-bond acceptors (Lipinski definition) is 4. The van der Waals surface area contributed by atoms with Gasteiger partial charge in [-0.1, -0.05) is 47.1 Å². The number of aromatic nitrogens is 3. The summed E-state index contributed by atoms with van der Waals surface area (Å²) in [6.45, 7) is 1.91. The van der Waals surface area contributed by atoms with E-state index in [1.54, 1.807) is 29.1 Å². The molecular weight excluding hydrogens is 379 g/mol. The summed E-state index contributed by atoms with van der Waals surface area (Å²) < 4.78 is 1.79. The zero-order valence-electron chi connectivity index (χ0n) is 13.2. The molecule has 0 aliphatic heterocycles. The Morgan fingerprint density at radius 2 is 2.00 bits per heavy atom. The van der Waals surface area contributed by atoms with Crippen LogP contribution >= 0.6 is 35.0 Å². The highest BCUT2D eigenvalue weighted by Gasteiger charge is 2.11. The molecule has 0 bridgehead atoms. The minimum Gasteiger partial charge on any atom is -0.325 e. The highest BCUT2D eigenvalue weighted by Crippen LogP contribution is 2.23. The van der Waals surface area contributed by atoms with Crippen LogP contribution in [0.15, 0.2) is 53.9 Å². The summed E-state index contributed by atoms with van der Waals surface area (Å²) >= 11 is 13.3. The molecule has 8 heteroatoms. The number of amides is 1. The predicted octanol–water partition coefficient (Wildman–Crippen LogP) is 4.61. The van der Waals surface area contributed by atoms with E-state index in [1.165, 1.54) is 11.8 Å². The Balaban J connectivity index is 1.67. The van der Waals surface area contributed by atoms with Crippen LogP contribution in [0.3, 0.4) is 0 Å². The van der Waals surface area contributed by atoms with Crippen molar-refractivity contribution in [1.82, 2.24) is 14.8 Å². The third-order valence-electron chi connectivity index (χ3n) is 3.41. The van der Waals surface area contributed by atoms with Crippen LogP contribution in [-0.4, -0.2) is 26.4 Å². The first-order valence-electron chi connectivity index (χ1n) is 7.38. The number of thioether (sulfide) groups is 1. The second kappa shape index (κ2) is 7.91. The lowest BCUT2D eigenvalue weighted by molar-refractivity contribution is -0.113. The maximum atomic E-state index is 12.2. The van der Waals surface area contributed by atoms with Gasteiger partial charge in [-0.15, -0.1) is 10.2 Å². The Hall–Kier alpha value is -2.02. The topological polar surface area (TPSA) is 59.8 Å². The molecule has 1 amide bonds. The number of halogens is 2. The number of nitrogens with one attached hydrogen (secondary N) is 1. The quantitative estimate of drug-likeness (QED) is 0.643. The predicted molar refractivity (Wildman–Crippen MR) is 102 cm³/mol. The largest absolute Gasteiger partial charge is 0.325 e. The van der Waals surface area contributed by atoms with Crippen LogP contribution in [0.1, 0.15) is 5.56 Å². The summed E-state index contributed by atoms with van der Waals surface area (Å²) in [6, 6.07) is 12.7. The van der Waals surface area contributed by atoms with E-state index in [4.69, 9.17) is 23.2 Å². The van der Waals surface area contributed by atoms with Gasteiger partial charge in [0.15, 0.2) is 5.16 Å². The number of anilines is 1. The number of aryl methyl sites for hydroxylation is 1. The van der Waals surface area contributed by atoms with E-state index in [1.807, 2.05) is 31.2 Å². The summed E-state index contributed by atoms with van der Waals surface area (Å²) in [5.41, 5.74) is 2.49. The molecule has 3 aromatic rings. The van der Waals surface area contributed by atoms with E-state index in [-0.39, 0.29) is 11.7 Å². The van der Waals surface area contributed by atoms with Gasteiger partial charge in [0.2, 0.25) is 5.91 Å². The van der Waals surface area contributed by atoms with Crippen LogP contribution in [0.5, 0.6) is 0 Å². The number of nitrogens with zero attached hydrogens (tertiary/aromatic N) is 3. The van der Waals surface area contributed by atoms with Crippen molar-refractivity contribution in [2.45, 2.75) is 12.1 Å². The molecule has 0 unspecified atom stereocenters. The average Bonchev–Trinajstić information content (AvgIpc) is 3.05. The number of carbonyl (C=O) groups is 1. The van der Waals surface area contributed by atoms with Gasteiger partial charge in [0, 0.05) is 15.7 Å². The van der Waals surface area contributed by atoms with Gasteiger partial charge >= 0.3 is 0 Å². The van der Waals surface area contributed by atoms with E-state index >= 15 is 0 Å². The molecule has 0 aliphatic rings. The summed E-state index contributed by atoms with van der Waals surface area (Å²) in [5.74, 6) is 0.0570. The van der Waals surface area contributed by atoms with Gasteiger partial charge in [-0.2, -0.15) is 0 Å². The SMILES string of the molecule is Cc1ccc(Cl)cc1NC(=O)CSc1nncn1-c1cccc(Cl)c1. The van der Waals surface area contributed by atoms with E-state index in [0.717, 1.165) is 11.3 Å². The lowest BCUT2D eigenvalue weighted by Crippen LogP contribution is -2.15. The van der Waals surface area contributed by atoms with Crippen LogP contribution in [0.2, 0.25) is 10.0 Å². The number of hydrogen-bond donors (Lipinski definition) is 1. The van der Waals surface area contributed by atoms with Crippen molar-refractivity contribution < 1.29 is 4.79 Å². The molecule has 5 nitrogen and oxygen atoms in total. The molecule has 0 saturated carbocycles. The van der Waals surface area contributed by atoms with Gasteiger partial charge in [0.05, 0.1) is 11.4 Å². The van der Waals surface area contributed by atoms with Crippen molar-refractivity contribution in [3.8, 4) is 5.69 Å². The Morgan fingerprint density at radius 1 is 1.20 bits per heavy atom. The lowest BCUT2D eigenvalue weighted by atomic mass is 10.2. The lowest BCUT2D eigenvalue weighted by Gasteiger charge is -2.09. The molecule has 0 radical (unpaired) electrons. The first kappa shape index (κ1) is 17.8. The van der Waals surface area contributed by atoms with E-state index in [0.29, 0.717) is 20.9 Å². The summed E-state index contributed by atoms with van der Waals surface area (Å²) in [5, 5.41) is 12.7. The molecule has 0 fully saturated rings. The maximum Gasteiger partial charge on any atom is 0.234 e. The van der Waals surface area contributed by atoms with Gasteiger partial charge < -0.3 is 5.32 Å². The van der Waals surface area contributed by atoms with Crippen LogP contribution < -0.4 is 5.32 Å². The highest BCUT2D eigenvalue weighted by molar-refractivity contribution is 7.99. The highest BCUT2D eigenvalue weighted by atomic mass is 35.5. The third-order valence-corrected chi connectivity index (χ3v) is 4.82. The zero-order valence-corrected chi connectivity index (χ0v) is 15.6. The molecule has 1 heterocycles. The first-order chi connectivity index (χ1) is 12.0. The Morgan fingerprint density at radius 3 is 2.80 bits per heavy atom. The van der Waals surface area contributed by atoms with Crippen LogP contribution in [0.4, 0.5) is 5.69 Å². The average molecular weight is 393 g/mol. The maximum absolute atomic E-state index is 12.2. The summed E-state index contributed by atoms with van der Waals surface area (Å²) in [4.78, 5) is 12.2. The minimum absolute atomic E-state index is 0.143. The second-order valence-corrected chi connectivity index (χ2v) is 7.07. The standard InChI is InChI=1S/C17H14Cl2N4OS/c1-11-5-6-13(19)8-15(11)21-16(24)9-25-17-22-20-10-23(17)14-4-2-3-12(18)7-14/h2-8,10H,9H2,1H3,(H,21,24). The van der Waals surface area contributed by atoms with Crippen molar-refractivity contribution in [2.75, 3.05) is 11.1 Å². The first-order valence-corrected chi connectivity index (χ1v) is 9.12. The molecular formula is C17H14Cl2N4OS. The minimum atomic E-state index is -0.143. The molecule has 1 aromatic heterocycles. The van der Waals surface area contributed by atoms with Crippen molar-refractivity contribution in [3.05, 3.63) is 64.4 Å². The van der Waals surface area contributed by atoms with Crippen molar-refractivity contribution in [3.63, 3.8) is 0 Å². The van der Waals surface area contributed by atoms with Gasteiger partial charge in [-0.05, 0) is 42.8 Å². The number of benzene rings is 2. The molecule has 2 aromatic carbocycles. The molecule has 25 heavy (non-hydrogen) atoms. The van der Waals surface area contributed by atoms with Crippen LogP contribution in [-0.2, 0) is 4.79 Å². The van der Waals surface area contributed by atoms with Crippen molar-refractivity contribution in [2.24, 2.45) is 0 Å². The molecule has 128 valence electrons. The Labute approximate surface area is 159 Å². The molecule has 0 aliphatic carbocycles. The number of carbonyl (C=O) groups excluding carboxylic acids is 1. The Kier molecular flexibility index (Phi) is 5.63. The van der Waals surface area contributed by atoms with Gasteiger partial charge in [-0.3, -0.25) is 9.36 Å². The summed E-state index contributed by atoms with van der Waals surface area (Å²) in [7, 11) is 0. The molecule has 0 spiro atoms. The fraction of sp³-hybridized carbons (Fsp3) is 0.118. The van der Waals surface area contributed by atoms with Crippen LogP contribution in [0.25, 0.3) is 5.69 Å². The molecule has 0 saturated heterocycles.